The van der Waals surface area contributed by atoms with Gasteiger partial charge in [0.1, 0.15) is 5.75 Å². The van der Waals surface area contributed by atoms with Crippen molar-refractivity contribution in [2.24, 2.45) is 0 Å². The zero-order chi connectivity index (χ0) is 17.7. The van der Waals surface area contributed by atoms with E-state index in [4.69, 9.17) is 4.74 Å². The lowest BCUT2D eigenvalue weighted by Gasteiger charge is -2.21. The third kappa shape index (κ3) is 4.38. The van der Waals surface area contributed by atoms with Gasteiger partial charge < -0.3 is 10.1 Å². The van der Waals surface area contributed by atoms with Crippen molar-refractivity contribution >= 4 is 5.91 Å². The lowest BCUT2D eigenvalue weighted by molar-refractivity contribution is -0.127. The summed E-state index contributed by atoms with van der Waals surface area (Å²) < 4.78 is 5.87. The van der Waals surface area contributed by atoms with Gasteiger partial charge in [0.15, 0.2) is 6.10 Å². The minimum Gasteiger partial charge on any atom is -0.481 e. The van der Waals surface area contributed by atoms with Crippen LogP contribution in [0.4, 0.5) is 0 Å². The van der Waals surface area contributed by atoms with Gasteiger partial charge in [-0.25, -0.2) is 0 Å². The summed E-state index contributed by atoms with van der Waals surface area (Å²) in [6, 6.07) is 14.1. The number of nitrogens with one attached hydrogen (secondary N) is 1. The zero-order valence-electron chi connectivity index (χ0n) is 15.2. The SMILES string of the molecule is CCc1ccccc1O[C@@H](C)C(=O)N[C@H](C)c1ccc(C)cc1C. The lowest BCUT2D eigenvalue weighted by Crippen LogP contribution is -2.38. The van der Waals surface area contributed by atoms with E-state index in [0.29, 0.717) is 0 Å². The minimum absolute atomic E-state index is 0.0504. The fourth-order valence-corrected chi connectivity index (χ4v) is 2.87. The molecule has 1 amide bonds. The van der Waals surface area contributed by atoms with Crippen molar-refractivity contribution in [3.63, 3.8) is 0 Å². The molecule has 2 rings (SSSR count). The van der Waals surface area contributed by atoms with E-state index in [2.05, 4.69) is 44.3 Å². The molecule has 2 atom stereocenters. The summed E-state index contributed by atoms with van der Waals surface area (Å²) in [5.41, 5.74) is 4.66. The van der Waals surface area contributed by atoms with E-state index < -0.39 is 6.10 Å². The molecule has 0 aliphatic rings. The van der Waals surface area contributed by atoms with Crippen LogP contribution in [0.2, 0.25) is 0 Å². The van der Waals surface area contributed by atoms with Gasteiger partial charge in [0.25, 0.3) is 5.91 Å². The molecule has 0 aromatic heterocycles. The second kappa shape index (κ2) is 8.00. The second-order valence-electron chi connectivity index (χ2n) is 6.31. The Morgan fingerprint density at radius 2 is 1.83 bits per heavy atom. The highest BCUT2D eigenvalue weighted by Crippen LogP contribution is 2.21. The molecule has 0 saturated carbocycles. The van der Waals surface area contributed by atoms with Gasteiger partial charge in [0.05, 0.1) is 6.04 Å². The van der Waals surface area contributed by atoms with Crippen LogP contribution in [0.1, 0.15) is 49.1 Å². The summed E-state index contributed by atoms with van der Waals surface area (Å²) >= 11 is 0. The maximum atomic E-state index is 12.5. The number of ether oxygens (including phenoxy) is 1. The van der Waals surface area contributed by atoms with Crippen LogP contribution in [-0.4, -0.2) is 12.0 Å². The van der Waals surface area contributed by atoms with Gasteiger partial charge in [0.2, 0.25) is 0 Å². The van der Waals surface area contributed by atoms with Crippen molar-refractivity contribution < 1.29 is 9.53 Å². The third-order valence-electron chi connectivity index (χ3n) is 4.28. The lowest BCUT2D eigenvalue weighted by atomic mass is 10.00. The maximum absolute atomic E-state index is 12.5. The number of rotatable bonds is 6. The molecule has 3 heteroatoms. The molecule has 0 radical (unpaired) electrons. The fraction of sp³-hybridized carbons (Fsp3) is 0.381. The van der Waals surface area contributed by atoms with Crippen LogP contribution >= 0.6 is 0 Å². The number of benzene rings is 2. The summed E-state index contributed by atoms with van der Waals surface area (Å²) in [6.07, 6.45) is 0.342. The fourth-order valence-electron chi connectivity index (χ4n) is 2.87. The molecule has 0 heterocycles. The molecule has 2 aromatic carbocycles. The van der Waals surface area contributed by atoms with Crippen LogP contribution in [0.3, 0.4) is 0 Å². The quantitative estimate of drug-likeness (QED) is 0.848. The van der Waals surface area contributed by atoms with E-state index in [0.717, 1.165) is 23.3 Å². The Hall–Kier alpha value is -2.29. The van der Waals surface area contributed by atoms with Gasteiger partial charge >= 0.3 is 0 Å². The Kier molecular flexibility index (Phi) is 6.02. The number of aryl methyl sites for hydroxylation is 3. The van der Waals surface area contributed by atoms with Crippen molar-refractivity contribution in [2.45, 2.75) is 53.2 Å². The molecule has 128 valence electrons. The molecular weight excluding hydrogens is 298 g/mol. The van der Waals surface area contributed by atoms with E-state index in [1.54, 1.807) is 6.92 Å². The molecular formula is C21H27NO2. The highest BCUT2D eigenvalue weighted by atomic mass is 16.5. The molecule has 0 aliphatic carbocycles. The van der Waals surface area contributed by atoms with E-state index in [1.807, 2.05) is 31.2 Å². The van der Waals surface area contributed by atoms with Crippen LogP contribution in [0.25, 0.3) is 0 Å². The first-order chi connectivity index (χ1) is 11.4. The van der Waals surface area contributed by atoms with Crippen molar-refractivity contribution in [3.8, 4) is 5.75 Å². The Morgan fingerprint density at radius 3 is 2.50 bits per heavy atom. The van der Waals surface area contributed by atoms with Crippen LogP contribution < -0.4 is 10.1 Å². The highest BCUT2D eigenvalue weighted by molar-refractivity contribution is 5.81. The van der Waals surface area contributed by atoms with Crippen molar-refractivity contribution in [2.75, 3.05) is 0 Å². The van der Waals surface area contributed by atoms with E-state index >= 15 is 0 Å². The number of hydrogen-bond donors (Lipinski definition) is 1. The van der Waals surface area contributed by atoms with Crippen LogP contribution in [0.15, 0.2) is 42.5 Å². The molecule has 1 N–H and O–H groups in total. The molecule has 24 heavy (non-hydrogen) atoms. The van der Waals surface area contributed by atoms with Crippen molar-refractivity contribution in [3.05, 3.63) is 64.7 Å². The second-order valence-corrected chi connectivity index (χ2v) is 6.31. The molecule has 0 unspecified atom stereocenters. The van der Waals surface area contributed by atoms with Crippen molar-refractivity contribution in [1.29, 1.82) is 0 Å². The number of carbonyl (C=O) groups is 1. The van der Waals surface area contributed by atoms with Crippen LogP contribution in [-0.2, 0) is 11.2 Å². The third-order valence-corrected chi connectivity index (χ3v) is 4.28. The predicted octanol–water partition coefficient (Wildman–Crippen LogP) is 4.51. The first-order valence-electron chi connectivity index (χ1n) is 8.54. The van der Waals surface area contributed by atoms with Gasteiger partial charge in [-0.3, -0.25) is 4.79 Å². The number of amides is 1. The first kappa shape index (κ1) is 18.1. The maximum Gasteiger partial charge on any atom is 0.261 e. The molecule has 0 spiro atoms. The average molecular weight is 325 g/mol. The van der Waals surface area contributed by atoms with Gasteiger partial charge in [0, 0.05) is 0 Å². The van der Waals surface area contributed by atoms with Gasteiger partial charge in [-0.15, -0.1) is 0 Å². The molecule has 0 bridgehead atoms. The van der Waals surface area contributed by atoms with Crippen molar-refractivity contribution in [1.82, 2.24) is 5.32 Å². The summed E-state index contributed by atoms with van der Waals surface area (Å²) in [4.78, 5) is 12.5. The molecule has 0 saturated heterocycles. The molecule has 0 fully saturated rings. The average Bonchev–Trinajstić information content (AvgIpc) is 2.55. The number of carbonyl (C=O) groups excluding carboxylic acids is 1. The van der Waals surface area contributed by atoms with Crippen LogP contribution in [0.5, 0.6) is 5.75 Å². The minimum atomic E-state index is -0.536. The number of hydrogen-bond acceptors (Lipinski definition) is 2. The van der Waals surface area contributed by atoms with E-state index in [9.17, 15) is 4.79 Å². The Bertz CT molecular complexity index is 709. The molecule has 3 nitrogen and oxygen atoms in total. The molecule has 2 aromatic rings. The first-order valence-corrected chi connectivity index (χ1v) is 8.54. The topological polar surface area (TPSA) is 38.3 Å². The predicted molar refractivity (Wildman–Crippen MR) is 98.4 cm³/mol. The smallest absolute Gasteiger partial charge is 0.261 e. The number of para-hydroxylation sites is 1. The Morgan fingerprint density at radius 1 is 1.12 bits per heavy atom. The highest BCUT2D eigenvalue weighted by Gasteiger charge is 2.19. The van der Waals surface area contributed by atoms with E-state index in [1.165, 1.54) is 11.1 Å². The zero-order valence-corrected chi connectivity index (χ0v) is 15.2. The Balaban J connectivity index is 2.03. The van der Waals surface area contributed by atoms with E-state index in [-0.39, 0.29) is 11.9 Å². The Labute approximate surface area is 145 Å². The summed E-state index contributed by atoms with van der Waals surface area (Å²) in [6.45, 7) is 10.0. The van der Waals surface area contributed by atoms with Gasteiger partial charge in [-0.2, -0.15) is 0 Å². The standard InChI is InChI=1S/C21H27NO2/c1-6-18-9-7-8-10-20(18)24-17(5)21(23)22-16(4)19-12-11-14(2)13-15(19)3/h7-13,16-17H,6H2,1-5H3,(H,22,23)/t16-,17+/m1/s1. The van der Waals surface area contributed by atoms with Gasteiger partial charge in [-0.1, -0.05) is 48.9 Å². The summed E-state index contributed by atoms with van der Waals surface area (Å²) in [5, 5.41) is 3.05. The normalized spacial score (nSPS) is 13.2. The van der Waals surface area contributed by atoms with Crippen LogP contribution in [0, 0.1) is 13.8 Å². The molecule has 0 aliphatic heterocycles. The monoisotopic (exact) mass is 325 g/mol. The summed E-state index contributed by atoms with van der Waals surface area (Å²) in [7, 11) is 0. The van der Waals surface area contributed by atoms with Gasteiger partial charge in [-0.05, 0) is 56.9 Å². The summed E-state index contributed by atoms with van der Waals surface area (Å²) in [5.74, 6) is 0.676. The largest absolute Gasteiger partial charge is 0.481 e.